The second kappa shape index (κ2) is 26.3. The fraction of sp³-hybridized carbons (Fsp3) is 0.386. The van der Waals surface area contributed by atoms with Gasteiger partial charge in [0.1, 0.15) is 17.2 Å². The number of benzene rings is 7. The lowest BCUT2D eigenvalue weighted by Crippen LogP contribution is -2.16. The standard InChI is InChI=1S/C88H98O3/c1-81(2,3)70-40-60(41-71(54-70)82(4,5)6)27-33-64-50-68(79(90-25)52-66(64)35-29-62-44-74(85(13,14)15)56-75(45-62)86(16,17)18)37-31-58-39-59(49-78(89)48-58)32-38-69-51-65(34-28-61-42-72(83(7,8)9)55-73(43-61)84(10,11)12)67(53-80(69)91-26)36-30-63-46-76(87(19,20)21)57-77(47-63)88(22,23)24/h39-57,89H,1-26H3. The fourth-order valence-electron chi connectivity index (χ4n) is 9.96. The highest BCUT2D eigenvalue weighted by Gasteiger charge is 2.25. The molecule has 7 aromatic carbocycles. The van der Waals surface area contributed by atoms with Gasteiger partial charge in [-0.3, -0.25) is 0 Å². The zero-order valence-corrected chi connectivity index (χ0v) is 59.7. The summed E-state index contributed by atoms with van der Waals surface area (Å²) in [5.41, 5.74) is 18.2. The van der Waals surface area contributed by atoms with E-state index in [1.54, 1.807) is 26.4 Å². The lowest BCUT2D eigenvalue weighted by atomic mass is 9.79. The lowest BCUT2D eigenvalue weighted by molar-refractivity contribution is 0.413. The Hall–Kier alpha value is -8.70. The van der Waals surface area contributed by atoms with Crippen molar-refractivity contribution in [3.8, 4) is 88.3 Å². The van der Waals surface area contributed by atoms with Crippen molar-refractivity contribution in [1.29, 1.82) is 0 Å². The third-order valence-corrected chi connectivity index (χ3v) is 16.3. The second-order valence-corrected chi connectivity index (χ2v) is 32.7. The van der Waals surface area contributed by atoms with Crippen LogP contribution in [0.1, 0.15) is 277 Å². The Morgan fingerprint density at radius 2 is 0.385 bits per heavy atom. The first kappa shape index (κ1) is 69.8. The third-order valence-electron chi connectivity index (χ3n) is 16.3. The van der Waals surface area contributed by atoms with E-state index in [1.165, 1.54) is 44.5 Å². The average molecular weight is 1200 g/mol. The topological polar surface area (TPSA) is 38.7 Å². The highest BCUT2D eigenvalue weighted by molar-refractivity contribution is 5.66. The van der Waals surface area contributed by atoms with Crippen molar-refractivity contribution in [1.82, 2.24) is 0 Å². The van der Waals surface area contributed by atoms with Gasteiger partial charge in [0.25, 0.3) is 0 Å². The van der Waals surface area contributed by atoms with E-state index >= 15 is 0 Å². The van der Waals surface area contributed by atoms with E-state index in [2.05, 4.69) is 310 Å². The summed E-state index contributed by atoms with van der Waals surface area (Å²) in [6.45, 7) is 53.7. The Bertz CT molecular complexity index is 3940. The van der Waals surface area contributed by atoms with Crippen LogP contribution in [0.4, 0.5) is 0 Å². The van der Waals surface area contributed by atoms with Crippen LogP contribution in [-0.2, 0) is 43.3 Å². The maximum Gasteiger partial charge on any atom is 0.135 e. The summed E-state index contributed by atoms with van der Waals surface area (Å²) in [7, 11) is 3.29. The predicted molar refractivity (Wildman–Crippen MR) is 385 cm³/mol. The number of hydrogen-bond donors (Lipinski definition) is 1. The van der Waals surface area contributed by atoms with E-state index in [-0.39, 0.29) is 49.1 Å². The predicted octanol–water partition coefficient (Wildman–Crippen LogP) is 20.2. The van der Waals surface area contributed by atoms with Gasteiger partial charge in [0.15, 0.2) is 0 Å². The summed E-state index contributed by atoms with van der Waals surface area (Å²) in [5.74, 6) is 42.9. The Labute approximate surface area is 550 Å². The van der Waals surface area contributed by atoms with Crippen molar-refractivity contribution in [2.45, 2.75) is 209 Å². The van der Waals surface area contributed by atoms with Gasteiger partial charge < -0.3 is 14.6 Å². The molecule has 0 spiro atoms. The van der Waals surface area contributed by atoms with Crippen LogP contribution < -0.4 is 9.47 Å². The summed E-state index contributed by atoms with van der Waals surface area (Å²) in [6, 6.07) is 39.8. The van der Waals surface area contributed by atoms with Crippen LogP contribution in [0.2, 0.25) is 0 Å². The maximum atomic E-state index is 11.3. The number of methoxy groups -OCH3 is 2. The SMILES string of the molecule is COc1cc(C#Cc2cc(C(C)(C)C)cc(C(C)(C)C)c2)c(C#Cc2cc(C(C)(C)C)cc(C(C)(C)C)c2)cc1C#Cc1cc(O)cc(C#Cc2cc(C#Cc3cc(C(C)(C)C)cc(C(C)(C)C)c3)c(C#Cc3cc(C(C)(C)C)cc(C(C)(C)C)c3)cc2OC)c1. The van der Waals surface area contributed by atoms with Crippen molar-refractivity contribution >= 4 is 0 Å². The smallest absolute Gasteiger partial charge is 0.135 e. The van der Waals surface area contributed by atoms with E-state index in [9.17, 15) is 5.11 Å². The van der Waals surface area contributed by atoms with Crippen LogP contribution in [0.15, 0.2) is 115 Å². The summed E-state index contributed by atoms with van der Waals surface area (Å²) in [5, 5.41) is 11.3. The number of ether oxygens (including phenoxy) is 2. The first-order valence-corrected chi connectivity index (χ1v) is 31.9. The van der Waals surface area contributed by atoms with E-state index in [0.29, 0.717) is 44.9 Å². The van der Waals surface area contributed by atoms with Crippen molar-refractivity contribution in [3.63, 3.8) is 0 Å². The molecule has 0 aliphatic carbocycles. The molecule has 0 aliphatic rings. The Morgan fingerprint density at radius 3 is 0.571 bits per heavy atom. The van der Waals surface area contributed by atoms with Crippen LogP contribution in [0.25, 0.3) is 0 Å². The number of phenolic OH excluding ortho intramolecular Hbond substituents is 1. The number of hydrogen-bond acceptors (Lipinski definition) is 3. The van der Waals surface area contributed by atoms with E-state index in [4.69, 9.17) is 9.47 Å². The molecular weight excluding hydrogens is 1100 g/mol. The van der Waals surface area contributed by atoms with E-state index in [1.807, 2.05) is 30.3 Å². The van der Waals surface area contributed by atoms with Crippen molar-refractivity contribution < 1.29 is 14.6 Å². The van der Waals surface area contributed by atoms with Crippen LogP contribution in [0, 0.1) is 71.0 Å². The van der Waals surface area contributed by atoms with Gasteiger partial charge in [-0.05, 0) is 179 Å². The van der Waals surface area contributed by atoms with Gasteiger partial charge in [-0.25, -0.2) is 0 Å². The average Bonchev–Trinajstić information content (AvgIpc) is 1.12. The molecule has 0 atom stereocenters. The molecule has 468 valence electrons. The molecular formula is C88H98O3. The normalized spacial score (nSPS) is 12.0. The van der Waals surface area contributed by atoms with Crippen molar-refractivity contribution in [3.05, 3.63) is 227 Å². The highest BCUT2D eigenvalue weighted by atomic mass is 16.5. The number of rotatable bonds is 2. The third kappa shape index (κ3) is 18.7. The minimum absolute atomic E-state index is 0.0268. The molecule has 0 aromatic heterocycles. The molecule has 91 heavy (non-hydrogen) atoms. The Kier molecular flexibility index (Phi) is 20.1. The lowest BCUT2D eigenvalue weighted by Gasteiger charge is -2.25. The first-order valence-electron chi connectivity index (χ1n) is 31.9. The molecule has 0 unspecified atom stereocenters. The Morgan fingerprint density at radius 1 is 0.209 bits per heavy atom. The minimum atomic E-state index is -0.0798. The molecule has 0 saturated heterocycles. The van der Waals surface area contributed by atoms with Gasteiger partial charge >= 0.3 is 0 Å². The molecule has 7 rings (SSSR count). The van der Waals surface area contributed by atoms with Gasteiger partial charge in [-0.15, -0.1) is 0 Å². The molecule has 1 N–H and O–H groups in total. The molecule has 0 amide bonds. The molecule has 3 heteroatoms. The summed E-state index contributed by atoms with van der Waals surface area (Å²) in [4.78, 5) is 0. The van der Waals surface area contributed by atoms with E-state index < -0.39 is 0 Å². The van der Waals surface area contributed by atoms with Gasteiger partial charge in [0, 0.05) is 55.6 Å². The molecule has 0 radical (unpaired) electrons. The van der Waals surface area contributed by atoms with Crippen molar-refractivity contribution in [2.24, 2.45) is 0 Å². The van der Waals surface area contributed by atoms with Crippen molar-refractivity contribution in [2.75, 3.05) is 14.2 Å². The first-order chi connectivity index (χ1) is 41.9. The quantitative estimate of drug-likeness (QED) is 0.175. The summed E-state index contributed by atoms with van der Waals surface area (Å²) >= 11 is 0. The zero-order chi connectivity index (χ0) is 67.6. The van der Waals surface area contributed by atoms with Gasteiger partial charge in [0.05, 0.1) is 25.3 Å². The molecule has 3 nitrogen and oxygen atoms in total. The summed E-state index contributed by atoms with van der Waals surface area (Å²) in [6.07, 6.45) is 0. The molecule has 7 aromatic rings. The molecule has 0 saturated carbocycles. The summed E-state index contributed by atoms with van der Waals surface area (Å²) < 4.78 is 12.2. The fourth-order valence-corrected chi connectivity index (χ4v) is 9.96. The van der Waals surface area contributed by atoms with Gasteiger partial charge in [-0.1, -0.05) is 261 Å². The highest BCUT2D eigenvalue weighted by Crippen LogP contribution is 2.36. The molecule has 0 aliphatic heterocycles. The monoisotopic (exact) mass is 1200 g/mol. The Balaban J connectivity index is 1.38. The van der Waals surface area contributed by atoms with Crippen LogP contribution in [0.3, 0.4) is 0 Å². The molecule has 0 heterocycles. The minimum Gasteiger partial charge on any atom is -0.508 e. The molecule has 0 fully saturated rings. The van der Waals surface area contributed by atoms with E-state index in [0.717, 1.165) is 33.4 Å². The largest absolute Gasteiger partial charge is 0.508 e. The number of aromatic hydroxyl groups is 1. The van der Waals surface area contributed by atoms with Crippen LogP contribution >= 0.6 is 0 Å². The second-order valence-electron chi connectivity index (χ2n) is 32.7. The zero-order valence-electron chi connectivity index (χ0n) is 59.7. The van der Waals surface area contributed by atoms with Gasteiger partial charge in [-0.2, -0.15) is 0 Å². The molecule has 0 bridgehead atoms. The van der Waals surface area contributed by atoms with Crippen LogP contribution in [0.5, 0.6) is 17.2 Å². The maximum absolute atomic E-state index is 11.3. The number of phenols is 1. The van der Waals surface area contributed by atoms with Crippen LogP contribution in [-0.4, -0.2) is 19.3 Å². The van der Waals surface area contributed by atoms with Gasteiger partial charge in [0.2, 0.25) is 0 Å².